The summed E-state index contributed by atoms with van der Waals surface area (Å²) in [5.41, 5.74) is 14.5. The summed E-state index contributed by atoms with van der Waals surface area (Å²) in [7, 11) is 0. The van der Waals surface area contributed by atoms with Crippen LogP contribution in [0.4, 0.5) is 0 Å². The standard InChI is InChI=1S/C74H46/c1-3-15-47(16-4-1)55-37-41-67-71(45-55)73(51-31-27-49(28-32-51)53-35-39-65-61-23-9-7-19-57(61)59-21-11-13-25-63(59)69(65)43-53)68-42-38-56(48-17-5-2-6-18-48)46-72(68)74(67)52-33-29-50(30-34-52)54-36-40-66-62-24-10-8-20-58(62)60-22-12-14-26-64(60)70(66)44-54/h1-46H. The summed E-state index contributed by atoms with van der Waals surface area (Å²) in [6, 6.07) is 104. The molecular formula is C74H46. The predicted octanol–water partition coefficient (Wildman–Crippen LogP) is 20.9. The summed E-state index contributed by atoms with van der Waals surface area (Å²) in [6.07, 6.45) is 0. The molecule has 0 spiro atoms. The minimum Gasteiger partial charge on any atom is -0.0622 e. The molecule has 0 aromatic heterocycles. The van der Waals surface area contributed by atoms with Crippen LogP contribution in [0.1, 0.15) is 0 Å². The Morgan fingerprint density at radius 3 is 0.622 bits per heavy atom. The SMILES string of the molecule is c1ccc(-c2ccc3c(-c4ccc(-c5ccc6c7ccccc7c7ccccc7c6c5)cc4)c4cc(-c5ccccc5)ccc4c(-c4ccc(-c5ccc6c7ccccc7c7ccccc7c6c5)cc4)c3c2)cc1. The maximum atomic E-state index is 2.43. The summed E-state index contributed by atoms with van der Waals surface area (Å²) in [4.78, 5) is 0. The van der Waals surface area contributed by atoms with Crippen LogP contribution in [0.15, 0.2) is 279 Å². The van der Waals surface area contributed by atoms with Gasteiger partial charge < -0.3 is 0 Å². The molecular weight excluding hydrogens is 889 g/mol. The molecule has 0 heteroatoms. The van der Waals surface area contributed by atoms with E-state index in [1.54, 1.807) is 0 Å². The molecule has 0 aliphatic rings. The van der Waals surface area contributed by atoms with Crippen molar-refractivity contribution in [3.63, 3.8) is 0 Å². The first-order valence-electron chi connectivity index (χ1n) is 25.7. The van der Waals surface area contributed by atoms with Crippen LogP contribution >= 0.6 is 0 Å². The van der Waals surface area contributed by atoms with E-state index in [4.69, 9.17) is 0 Å². The van der Waals surface area contributed by atoms with E-state index in [1.807, 2.05) is 0 Å². The molecule has 0 atom stereocenters. The quantitative estimate of drug-likeness (QED) is 0.115. The molecule has 0 fully saturated rings. The Kier molecular flexibility index (Phi) is 9.68. The molecule has 0 saturated carbocycles. The van der Waals surface area contributed by atoms with Crippen molar-refractivity contribution in [1.82, 2.24) is 0 Å². The fraction of sp³-hybridized carbons (Fsp3) is 0. The van der Waals surface area contributed by atoms with Crippen LogP contribution in [0.3, 0.4) is 0 Å². The maximum Gasteiger partial charge on any atom is -0.00261 e. The highest BCUT2D eigenvalue weighted by atomic mass is 14.2. The molecule has 0 saturated heterocycles. The van der Waals surface area contributed by atoms with Crippen molar-refractivity contribution >= 4 is 86.2 Å². The van der Waals surface area contributed by atoms with Crippen molar-refractivity contribution in [3.05, 3.63) is 279 Å². The lowest BCUT2D eigenvalue weighted by molar-refractivity contribution is 1.61. The number of fused-ring (bicyclic) bond motifs is 14. The molecule has 0 aliphatic heterocycles. The fourth-order valence-electron chi connectivity index (χ4n) is 12.3. The zero-order valence-electron chi connectivity index (χ0n) is 40.6. The van der Waals surface area contributed by atoms with Crippen molar-refractivity contribution in [2.45, 2.75) is 0 Å². The second-order valence-corrected chi connectivity index (χ2v) is 19.9. The zero-order chi connectivity index (χ0) is 48.7. The summed E-state index contributed by atoms with van der Waals surface area (Å²) >= 11 is 0. The third kappa shape index (κ3) is 6.77. The van der Waals surface area contributed by atoms with Gasteiger partial charge in [0.1, 0.15) is 0 Å². The Balaban J connectivity index is 0.916. The largest absolute Gasteiger partial charge is 0.0622 e. The molecule has 15 aromatic rings. The van der Waals surface area contributed by atoms with Crippen LogP contribution < -0.4 is 0 Å². The average molecular weight is 935 g/mol. The first kappa shape index (κ1) is 42.1. The van der Waals surface area contributed by atoms with E-state index in [2.05, 4.69) is 279 Å². The molecule has 0 heterocycles. The van der Waals surface area contributed by atoms with Gasteiger partial charge in [-0.15, -0.1) is 0 Å². The summed E-state index contributed by atoms with van der Waals surface area (Å²) in [6.45, 7) is 0. The Bertz CT molecular complexity index is 4340. The van der Waals surface area contributed by atoms with Crippen LogP contribution in [0, 0.1) is 0 Å². The lowest BCUT2D eigenvalue weighted by atomic mass is 9.83. The van der Waals surface area contributed by atoms with E-state index in [0.29, 0.717) is 0 Å². The minimum absolute atomic E-state index is 1.19. The van der Waals surface area contributed by atoms with E-state index in [0.717, 1.165) is 0 Å². The highest BCUT2D eigenvalue weighted by molar-refractivity contribution is 6.27. The molecule has 0 nitrogen and oxygen atoms in total. The fourth-order valence-corrected chi connectivity index (χ4v) is 12.3. The third-order valence-corrected chi connectivity index (χ3v) is 15.8. The van der Waals surface area contributed by atoms with Crippen molar-refractivity contribution in [2.75, 3.05) is 0 Å². The zero-order valence-corrected chi connectivity index (χ0v) is 40.6. The number of hydrogen-bond acceptors (Lipinski definition) is 0. The monoisotopic (exact) mass is 934 g/mol. The first-order chi connectivity index (χ1) is 36.7. The third-order valence-electron chi connectivity index (χ3n) is 15.8. The second-order valence-electron chi connectivity index (χ2n) is 19.9. The summed E-state index contributed by atoms with van der Waals surface area (Å²) in [5, 5.41) is 20.4. The van der Waals surface area contributed by atoms with Crippen molar-refractivity contribution in [3.8, 4) is 66.8 Å². The molecule has 342 valence electrons. The van der Waals surface area contributed by atoms with E-state index in [-0.39, 0.29) is 0 Å². The molecule has 0 bridgehead atoms. The Morgan fingerprint density at radius 1 is 0.108 bits per heavy atom. The molecule has 15 rings (SSSR count). The van der Waals surface area contributed by atoms with E-state index in [1.165, 1.54) is 153 Å². The lowest BCUT2D eigenvalue weighted by Crippen LogP contribution is -1.93. The second kappa shape index (κ2) is 17.0. The van der Waals surface area contributed by atoms with Gasteiger partial charge in [0.25, 0.3) is 0 Å². The molecule has 74 heavy (non-hydrogen) atoms. The summed E-state index contributed by atoms with van der Waals surface area (Å²) in [5.74, 6) is 0. The van der Waals surface area contributed by atoms with Gasteiger partial charge in [-0.25, -0.2) is 0 Å². The van der Waals surface area contributed by atoms with Gasteiger partial charge in [0.05, 0.1) is 0 Å². The van der Waals surface area contributed by atoms with Crippen molar-refractivity contribution in [2.24, 2.45) is 0 Å². The molecule has 15 aromatic carbocycles. The van der Waals surface area contributed by atoms with E-state index < -0.39 is 0 Å². The number of hydrogen-bond donors (Lipinski definition) is 0. The van der Waals surface area contributed by atoms with Gasteiger partial charge in [-0.3, -0.25) is 0 Å². The minimum atomic E-state index is 1.19. The summed E-state index contributed by atoms with van der Waals surface area (Å²) < 4.78 is 0. The van der Waals surface area contributed by atoms with Crippen LogP contribution in [-0.2, 0) is 0 Å². The smallest absolute Gasteiger partial charge is 0.00261 e. The Hall–Kier alpha value is -9.62. The highest BCUT2D eigenvalue weighted by Gasteiger charge is 2.20. The van der Waals surface area contributed by atoms with Gasteiger partial charge >= 0.3 is 0 Å². The van der Waals surface area contributed by atoms with Crippen LogP contribution in [0.5, 0.6) is 0 Å². The molecule has 0 unspecified atom stereocenters. The van der Waals surface area contributed by atoms with Gasteiger partial charge in [0.15, 0.2) is 0 Å². The molecule has 0 N–H and O–H groups in total. The predicted molar refractivity (Wildman–Crippen MR) is 319 cm³/mol. The first-order valence-corrected chi connectivity index (χ1v) is 25.7. The van der Waals surface area contributed by atoms with Gasteiger partial charge in [-0.2, -0.15) is 0 Å². The van der Waals surface area contributed by atoms with Crippen molar-refractivity contribution in [1.29, 1.82) is 0 Å². The molecule has 0 radical (unpaired) electrons. The van der Waals surface area contributed by atoms with E-state index in [9.17, 15) is 0 Å². The number of rotatable bonds is 6. The molecule has 0 amide bonds. The van der Waals surface area contributed by atoms with Crippen LogP contribution in [0.25, 0.3) is 153 Å². The number of benzene rings is 15. The topological polar surface area (TPSA) is 0 Å². The lowest BCUT2D eigenvalue weighted by Gasteiger charge is -2.20. The van der Waals surface area contributed by atoms with E-state index >= 15 is 0 Å². The Morgan fingerprint density at radius 2 is 0.311 bits per heavy atom. The molecule has 0 aliphatic carbocycles. The van der Waals surface area contributed by atoms with Gasteiger partial charge in [0.2, 0.25) is 0 Å². The Labute approximate surface area is 429 Å². The maximum absolute atomic E-state index is 2.43. The van der Waals surface area contributed by atoms with Gasteiger partial charge in [-0.1, -0.05) is 255 Å². The van der Waals surface area contributed by atoms with Crippen molar-refractivity contribution < 1.29 is 0 Å². The van der Waals surface area contributed by atoms with Crippen LogP contribution in [0.2, 0.25) is 0 Å². The van der Waals surface area contributed by atoms with Crippen LogP contribution in [-0.4, -0.2) is 0 Å². The normalized spacial score (nSPS) is 11.8. The van der Waals surface area contributed by atoms with Gasteiger partial charge in [-0.05, 0) is 177 Å². The average Bonchev–Trinajstić information content (AvgIpc) is 3.50. The highest BCUT2D eigenvalue weighted by Crippen LogP contribution is 2.47. The van der Waals surface area contributed by atoms with Gasteiger partial charge in [0, 0.05) is 0 Å².